The summed E-state index contributed by atoms with van der Waals surface area (Å²) in [7, 11) is 0. The van der Waals surface area contributed by atoms with Gasteiger partial charge < -0.3 is 16.4 Å². The quantitative estimate of drug-likeness (QED) is 0.692. The van der Waals surface area contributed by atoms with Gasteiger partial charge >= 0.3 is 0 Å². The molecule has 1 aromatic carbocycles. The SMILES string of the molecule is C=CC(=O)N1CCCCC1.NC(=O)c1c(N)n[nH]c1C1CCc2ccccc2C1. The number of rotatable bonds is 3. The molecule has 1 saturated heterocycles. The number of nitrogens with zero attached hydrogens (tertiary/aromatic N) is 2. The molecule has 1 aliphatic heterocycles. The van der Waals surface area contributed by atoms with Gasteiger partial charge in [-0.05, 0) is 55.7 Å². The zero-order valence-electron chi connectivity index (χ0n) is 16.7. The first-order valence-electron chi connectivity index (χ1n) is 10.1. The Balaban J connectivity index is 0.000000204. The number of carbonyl (C=O) groups excluding carboxylic acids is 2. The van der Waals surface area contributed by atoms with E-state index in [1.165, 1.54) is 23.6 Å². The Morgan fingerprint density at radius 2 is 1.86 bits per heavy atom. The number of likely N-dealkylation sites (tertiary alicyclic amines) is 1. The maximum absolute atomic E-state index is 11.5. The number of aryl methyl sites for hydroxylation is 1. The van der Waals surface area contributed by atoms with Crippen molar-refractivity contribution in [3.63, 3.8) is 0 Å². The summed E-state index contributed by atoms with van der Waals surface area (Å²) in [5, 5.41) is 6.80. The van der Waals surface area contributed by atoms with Crippen molar-refractivity contribution in [2.24, 2.45) is 5.73 Å². The highest BCUT2D eigenvalue weighted by molar-refractivity contribution is 5.98. The van der Waals surface area contributed by atoms with Crippen LogP contribution >= 0.6 is 0 Å². The first-order valence-corrected chi connectivity index (χ1v) is 10.1. The van der Waals surface area contributed by atoms with E-state index in [2.05, 4.69) is 35.0 Å². The van der Waals surface area contributed by atoms with Gasteiger partial charge in [0.15, 0.2) is 5.82 Å². The van der Waals surface area contributed by atoms with Crippen molar-refractivity contribution in [1.82, 2.24) is 15.1 Å². The lowest BCUT2D eigenvalue weighted by Gasteiger charge is -2.25. The van der Waals surface area contributed by atoms with Crippen LogP contribution in [0.5, 0.6) is 0 Å². The predicted octanol–water partition coefficient (Wildman–Crippen LogP) is 2.55. The Kier molecular flexibility index (Phi) is 6.69. The molecule has 0 spiro atoms. The van der Waals surface area contributed by atoms with Crippen LogP contribution in [0.4, 0.5) is 5.82 Å². The third kappa shape index (κ3) is 4.85. The molecule has 2 aromatic rings. The number of carbonyl (C=O) groups is 2. The second-order valence-electron chi connectivity index (χ2n) is 7.56. The Morgan fingerprint density at radius 3 is 2.52 bits per heavy atom. The number of aromatic nitrogens is 2. The number of hydrogen-bond donors (Lipinski definition) is 3. The fourth-order valence-electron chi connectivity index (χ4n) is 4.11. The van der Waals surface area contributed by atoms with Crippen LogP contribution in [0.3, 0.4) is 0 Å². The summed E-state index contributed by atoms with van der Waals surface area (Å²) < 4.78 is 0. The minimum absolute atomic E-state index is 0.0831. The molecule has 0 radical (unpaired) electrons. The van der Waals surface area contributed by atoms with Crippen LogP contribution in [-0.2, 0) is 17.6 Å². The maximum atomic E-state index is 11.5. The van der Waals surface area contributed by atoms with Gasteiger partial charge in [0.2, 0.25) is 5.91 Å². The molecule has 2 amide bonds. The molecule has 0 saturated carbocycles. The van der Waals surface area contributed by atoms with Crippen LogP contribution in [0, 0.1) is 0 Å². The van der Waals surface area contributed by atoms with Gasteiger partial charge in [-0.1, -0.05) is 30.8 Å². The van der Waals surface area contributed by atoms with E-state index in [0.717, 1.165) is 50.9 Å². The molecule has 7 nitrogen and oxygen atoms in total. The zero-order valence-corrected chi connectivity index (χ0v) is 16.7. The molecule has 0 bridgehead atoms. The Labute approximate surface area is 171 Å². The highest BCUT2D eigenvalue weighted by atomic mass is 16.2. The summed E-state index contributed by atoms with van der Waals surface area (Å²) in [6, 6.07) is 8.38. The number of hydrogen-bond acceptors (Lipinski definition) is 4. The molecule has 1 aliphatic carbocycles. The van der Waals surface area contributed by atoms with Crippen LogP contribution in [0.15, 0.2) is 36.9 Å². The third-order valence-electron chi connectivity index (χ3n) is 5.67. The number of benzene rings is 1. The number of nitrogens with two attached hydrogens (primary N) is 2. The lowest BCUT2D eigenvalue weighted by Crippen LogP contribution is -2.34. The first-order chi connectivity index (χ1) is 14.0. The third-order valence-corrected chi connectivity index (χ3v) is 5.67. The summed E-state index contributed by atoms with van der Waals surface area (Å²) in [6.07, 6.45) is 7.82. The van der Waals surface area contributed by atoms with Gasteiger partial charge in [-0.15, -0.1) is 0 Å². The van der Waals surface area contributed by atoms with Gasteiger partial charge in [0, 0.05) is 19.0 Å². The lowest BCUT2D eigenvalue weighted by atomic mass is 9.81. The number of nitrogens with one attached hydrogen (secondary N) is 1. The van der Waals surface area contributed by atoms with Crippen molar-refractivity contribution in [3.8, 4) is 0 Å². The minimum atomic E-state index is -0.514. The van der Waals surface area contributed by atoms with Crippen molar-refractivity contribution < 1.29 is 9.59 Å². The molecule has 4 rings (SSSR count). The number of H-pyrrole nitrogens is 1. The van der Waals surface area contributed by atoms with E-state index in [0.29, 0.717) is 5.56 Å². The predicted molar refractivity (Wildman–Crippen MR) is 113 cm³/mol. The van der Waals surface area contributed by atoms with E-state index in [1.54, 1.807) is 0 Å². The largest absolute Gasteiger partial charge is 0.382 e. The topological polar surface area (TPSA) is 118 Å². The van der Waals surface area contributed by atoms with E-state index >= 15 is 0 Å². The number of amides is 2. The first kappa shape index (κ1) is 20.6. The normalized spacial score (nSPS) is 18.2. The average molecular weight is 396 g/mol. The molecular formula is C22H29N5O2. The Bertz CT molecular complexity index is 883. The van der Waals surface area contributed by atoms with Crippen molar-refractivity contribution in [2.45, 2.75) is 44.4 Å². The molecule has 2 aliphatic rings. The van der Waals surface area contributed by atoms with E-state index in [9.17, 15) is 9.59 Å². The summed E-state index contributed by atoms with van der Waals surface area (Å²) in [5.41, 5.74) is 14.9. The van der Waals surface area contributed by atoms with Gasteiger partial charge in [-0.3, -0.25) is 14.7 Å². The van der Waals surface area contributed by atoms with Gasteiger partial charge in [0.1, 0.15) is 5.56 Å². The number of nitrogen functional groups attached to an aromatic ring is 1. The summed E-state index contributed by atoms with van der Waals surface area (Å²) in [6.45, 7) is 5.29. The Hall–Kier alpha value is -3.09. The molecule has 2 heterocycles. The van der Waals surface area contributed by atoms with Crippen LogP contribution in [0.2, 0.25) is 0 Å². The van der Waals surface area contributed by atoms with Crippen molar-refractivity contribution >= 4 is 17.6 Å². The van der Waals surface area contributed by atoms with Crippen LogP contribution < -0.4 is 11.5 Å². The fourth-order valence-corrected chi connectivity index (χ4v) is 4.11. The molecule has 5 N–H and O–H groups in total. The van der Waals surface area contributed by atoms with Crippen LogP contribution in [0.25, 0.3) is 0 Å². The Morgan fingerprint density at radius 1 is 1.17 bits per heavy atom. The van der Waals surface area contributed by atoms with E-state index in [4.69, 9.17) is 11.5 Å². The second-order valence-corrected chi connectivity index (χ2v) is 7.56. The highest BCUT2D eigenvalue weighted by Gasteiger charge is 2.27. The molecule has 29 heavy (non-hydrogen) atoms. The number of primary amides is 1. The van der Waals surface area contributed by atoms with E-state index in [-0.39, 0.29) is 17.6 Å². The standard InChI is InChI=1S/C14H16N4O.C8H13NO/c15-13-11(14(16)19)12(17-18-13)10-6-5-8-3-1-2-4-9(8)7-10;1-2-8(10)9-6-4-3-5-7-9/h1-4,10H,5-7H2,(H2,16,19)(H3,15,17,18);2H,1,3-7H2. The molecule has 1 atom stereocenters. The van der Waals surface area contributed by atoms with Crippen molar-refractivity contribution in [3.05, 3.63) is 59.3 Å². The molecule has 1 fully saturated rings. The average Bonchev–Trinajstić information content (AvgIpc) is 3.15. The van der Waals surface area contributed by atoms with Gasteiger partial charge in [0.25, 0.3) is 5.91 Å². The van der Waals surface area contributed by atoms with E-state index in [1.807, 2.05) is 11.0 Å². The second kappa shape index (κ2) is 9.41. The monoisotopic (exact) mass is 395 g/mol. The van der Waals surface area contributed by atoms with Crippen molar-refractivity contribution in [2.75, 3.05) is 18.8 Å². The number of fused-ring (bicyclic) bond motifs is 1. The number of aromatic amines is 1. The molecule has 1 unspecified atom stereocenters. The summed E-state index contributed by atoms with van der Waals surface area (Å²) in [4.78, 5) is 24.3. The fraction of sp³-hybridized carbons (Fsp3) is 0.409. The van der Waals surface area contributed by atoms with Crippen molar-refractivity contribution in [1.29, 1.82) is 0 Å². The maximum Gasteiger partial charge on any atom is 0.254 e. The molecule has 1 aromatic heterocycles. The smallest absolute Gasteiger partial charge is 0.254 e. The molecular weight excluding hydrogens is 366 g/mol. The minimum Gasteiger partial charge on any atom is -0.382 e. The summed E-state index contributed by atoms with van der Waals surface area (Å²) >= 11 is 0. The van der Waals surface area contributed by atoms with Gasteiger partial charge in [-0.2, -0.15) is 5.10 Å². The molecule has 154 valence electrons. The van der Waals surface area contributed by atoms with Gasteiger partial charge in [0.05, 0.1) is 5.69 Å². The van der Waals surface area contributed by atoms with Crippen LogP contribution in [0.1, 0.15) is 58.8 Å². The lowest BCUT2D eigenvalue weighted by molar-refractivity contribution is -0.126. The van der Waals surface area contributed by atoms with Gasteiger partial charge in [-0.25, -0.2) is 0 Å². The van der Waals surface area contributed by atoms with Crippen LogP contribution in [-0.4, -0.2) is 40.0 Å². The zero-order chi connectivity index (χ0) is 20.8. The van der Waals surface area contributed by atoms with E-state index < -0.39 is 5.91 Å². The molecule has 7 heteroatoms. The highest BCUT2D eigenvalue weighted by Crippen LogP contribution is 2.34. The summed E-state index contributed by atoms with van der Waals surface area (Å²) in [5.74, 6) is -0.0108. The number of anilines is 1. The number of piperidine rings is 1.